The molecule has 0 atom stereocenters. The molecule has 0 saturated heterocycles. The first-order valence-electron chi connectivity index (χ1n) is 12.6. The SMILES string of the molecule is Cc1ccc(CCC(=O)Nc2c(Cl)n(CC#Cc3ccc(NC(=O)c4cccc(Cl)c4)cc3)c(=O)n(C)c2=O)cc1. The molecule has 1 aromatic heterocycles. The van der Waals surface area contributed by atoms with Crippen LogP contribution in [0.25, 0.3) is 0 Å². The van der Waals surface area contributed by atoms with E-state index in [-0.39, 0.29) is 29.7 Å². The van der Waals surface area contributed by atoms with E-state index in [0.717, 1.165) is 20.3 Å². The van der Waals surface area contributed by atoms with Crippen LogP contribution in [0.4, 0.5) is 11.4 Å². The third-order valence-electron chi connectivity index (χ3n) is 6.20. The standard InChI is InChI=1S/C31H26Cl2N4O4/c1-20-8-10-22(11-9-20)14-17-26(38)35-27-28(33)37(31(41)36(2)30(27)40)18-4-5-21-12-15-25(16-13-21)34-29(39)23-6-3-7-24(32)19-23/h3,6-13,15-16,19H,14,17-18H2,1-2H3,(H,34,39)(H,35,38). The fourth-order valence-electron chi connectivity index (χ4n) is 3.89. The molecule has 10 heteroatoms. The molecule has 0 bridgehead atoms. The molecule has 4 rings (SSSR count). The van der Waals surface area contributed by atoms with Gasteiger partial charge in [0.15, 0.2) is 0 Å². The Morgan fingerprint density at radius 1 is 0.927 bits per heavy atom. The van der Waals surface area contributed by atoms with Crippen molar-refractivity contribution in [2.45, 2.75) is 26.3 Å². The Labute approximate surface area is 246 Å². The minimum atomic E-state index is -0.705. The lowest BCUT2D eigenvalue weighted by Crippen LogP contribution is -2.40. The zero-order valence-electron chi connectivity index (χ0n) is 22.3. The molecule has 0 unspecified atom stereocenters. The predicted octanol–water partition coefficient (Wildman–Crippen LogP) is 5.04. The van der Waals surface area contributed by atoms with Crippen LogP contribution in [0.3, 0.4) is 0 Å². The second-order valence-electron chi connectivity index (χ2n) is 9.28. The number of anilines is 2. The van der Waals surface area contributed by atoms with Gasteiger partial charge in [-0.15, -0.1) is 0 Å². The molecule has 0 aliphatic heterocycles. The second kappa shape index (κ2) is 13.2. The van der Waals surface area contributed by atoms with Crippen LogP contribution in [0.2, 0.25) is 10.2 Å². The van der Waals surface area contributed by atoms with E-state index in [4.69, 9.17) is 23.2 Å². The number of nitrogens with one attached hydrogen (secondary N) is 2. The average Bonchev–Trinajstić information content (AvgIpc) is 2.96. The normalized spacial score (nSPS) is 10.4. The molecule has 0 radical (unpaired) electrons. The highest BCUT2D eigenvalue weighted by Gasteiger charge is 2.18. The topological polar surface area (TPSA) is 102 Å². The van der Waals surface area contributed by atoms with Crippen LogP contribution in [0, 0.1) is 18.8 Å². The summed E-state index contributed by atoms with van der Waals surface area (Å²) < 4.78 is 1.99. The molecule has 2 amide bonds. The zero-order chi connectivity index (χ0) is 29.5. The summed E-state index contributed by atoms with van der Waals surface area (Å²) >= 11 is 12.3. The van der Waals surface area contributed by atoms with Crippen molar-refractivity contribution in [1.29, 1.82) is 0 Å². The third-order valence-corrected chi connectivity index (χ3v) is 6.83. The number of aryl methyl sites for hydroxylation is 2. The van der Waals surface area contributed by atoms with Gasteiger partial charge in [-0.3, -0.25) is 23.5 Å². The van der Waals surface area contributed by atoms with Crippen molar-refractivity contribution < 1.29 is 9.59 Å². The molecule has 0 fully saturated rings. The van der Waals surface area contributed by atoms with Gasteiger partial charge in [-0.2, -0.15) is 0 Å². The molecule has 8 nitrogen and oxygen atoms in total. The highest BCUT2D eigenvalue weighted by atomic mass is 35.5. The Morgan fingerprint density at radius 3 is 2.32 bits per heavy atom. The van der Waals surface area contributed by atoms with Crippen molar-refractivity contribution in [2.75, 3.05) is 10.6 Å². The van der Waals surface area contributed by atoms with Gasteiger partial charge in [0.05, 0.1) is 6.54 Å². The molecule has 0 aliphatic carbocycles. The minimum Gasteiger partial charge on any atom is -0.322 e. The number of nitrogens with zero attached hydrogens (tertiary/aromatic N) is 2. The monoisotopic (exact) mass is 588 g/mol. The van der Waals surface area contributed by atoms with Crippen molar-refractivity contribution in [3.63, 3.8) is 0 Å². The lowest BCUT2D eigenvalue weighted by atomic mass is 10.1. The smallest absolute Gasteiger partial charge is 0.322 e. The van der Waals surface area contributed by atoms with Crippen molar-refractivity contribution in [3.8, 4) is 11.8 Å². The van der Waals surface area contributed by atoms with Crippen LogP contribution in [-0.2, 0) is 24.8 Å². The van der Waals surface area contributed by atoms with Gasteiger partial charge in [0.25, 0.3) is 11.5 Å². The van der Waals surface area contributed by atoms with Gasteiger partial charge in [-0.05, 0) is 61.4 Å². The lowest BCUT2D eigenvalue weighted by molar-refractivity contribution is -0.116. The number of rotatable bonds is 7. The maximum atomic E-state index is 12.7. The zero-order valence-corrected chi connectivity index (χ0v) is 23.8. The second-order valence-corrected chi connectivity index (χ2v) is 10.1. The van der Waals surface area contributed by atoms with Gasteiger partial charge < -0.3 is 10.6 Å². The van der Waals surface area contributed by atoms with E-state index in [2.05, 4.69) is 22.5 Å². The van der Waals surface area contributed by atoms with E-state index in [0.29, 0.717) is 28.3 Å². The quantitative estimate of drug-likeness (QED) is 0.233. The molecule has 4 aromatic rings. The average molecular weight is 589 g/mol. The van der Waals surface area contributed by atoms with Crippen molar-refractivity contribution >= 4 is 46.4 Å². The number of hydrogen-bond donors (Lipinski definition) is 2. The van der Waals surface area contributed by atoms with Gasteiger partial charge in [-0.1, -0.05) is 70.9 Å². The molecule has 1 heterocycles. The summed E-state index contributed by atoms with van der Waals surface area (Å²) in [4.78, 5) is 50.4. The van der Waals surface area contributed by atoms with E-state index in [1.165, 1.54) is 7.05 Å². The number of amides is 2. The number of hydrogen-bond acceptors (Lipinski definition) is 4. The first-order chi connectivity index (χ1) is 19.6. The van der Waals surface area contributed by atoms with E-state index in [1.807, 2.05) is 31.2 Å². The summed E-state index contributed by atoms with van der Waals surface area (Å²) in [6, 6.07) is 21.3. The van der Waals surface area contributed by atoms with Crippen molar-refractivity contribution in [1.82, 2.24) is 9.13 Å². The van der Waals surface area contributed by atoms with Gasteiger partial charge in [0.1, 0.15) is 10.8 Å². The minimum absolute atomic E-state index is 0.120. The van der Waals surface area contributed by atoms with E-state index >= 15 is 0 Å². The number of carbonyl (C=O) groups is 2. The maximum absolute atomic E-state index is 12.7. The molecule has 2 N–H and O–H groups in total. The van der Waals surface area contributed by atoms with Crippen LogP contribution in [0.15, 0.2) is 82.4 Å². The lowest BCUT2D eigenvalue weighted by Gasteiger charge is -2.13. The number of aromatic nitrogens is 2. The van der Waals surface area contributed by atoms with Gasteiger partial charge >= 0.3 is 5.69 Å². The third kappa shape index (κ3) is 7.54. The molecule has 3 aromatic carbocycles. The fourth-order valence-corrected chi connectivity index (χ4v) is 4.34. The molecular weight excluding hydrogens is 563 g/mol. The van der Waals surface area contributed by atoms with Crippen LogP contribution < -0.4 is 21.9 Å². The largest absolute Gasteiger partial charge is 0.332 e. The van der Waals surface area contributed by atoms with Gasteiger partial charge in [0, 0.05) is 35.3 Å². The Bertz CT molecular complexity index is 1780. The summed E-state index contributed by atoms with van der Waals surface area (Å²) in [5, 5.41) is 5.61. The van der Waals surface area contributed by atoms with Gasteiger partial charge in [-0.25, -0.2) is 4.79 Å². The summed E-state index contributed by atoms with van der Waals surface area (Å²) in [5.74, 6) is 5.10. The summed E-state index contributed by atoms with van der Waals surface area (Å²) in [7, 11) is 1.31. The first-order valence-corrected chi connectivity index (χ1v) is 13.4. The number of benzene rings is 3. The van der Waals surface area contributed by atoms with Crippen molar-refractivity contribution in [2.24, 2.45) is 7.05 Å². The first kappa shape index (κ1) is 29.4. The Morgan fingerprint density at radius 2 is 1.63 bits per heavy atom. The number of carbonyl (C=O) groups excluding carboxylic acids is 2. The van der Waals surface area contributed by atoms with Crippen molar-refractivity contribution in [3.05, 3.63) is 126 Å². The Balaban J connectivity index is 1.43. The summed E-state index contributed by atoms with van der Waals surface area (Å²) in [5.41, 5.74) is 2.20. The van der Waals surface area contributed by atoms with Crippen LogP contribution in [-0.4, -0.2) is 20.9 Å². The fraction of sp³-hybridized carbons (Fsp3) is 0.161. The highest BCUT2D eigenvalue weighted by Crippen LogP contribution is 2.17. The van der Waals surface area contributed by atoms with Crippen LogP contribution in [0.1, 0.15) is 33.5 Å². The Kier molecular flexibility index (Phi) is 9.45. The predicted molar refractivity (Wildman–Crippen MR) is 162 cm³/mol. The van der Waals surface area contributed by atoms with E-state index in [1.54, 1.807) is 48.5 Å². The molecule has 0 aliphatic rings. The van der Waals surface area contributed by atoms with Crippen LogP contribution >= 0.6 is 23.2 Å². The molecular formula is C31H26Cl2N4O4. The summed E-state index contributed by atoms with van der Waals surface area (Å²) in [6.45, 7) is 1.86. The van der Waals surface area contributed by atoms with E-state index < -0.39 is 17.2 Å². The van der Waals surface area contributed by atoms with E-state index in [9.17, 15) is 19.2 Å². The Hall–Kier alpha value is -4.58. The highest BCUT2D eigenvalue weighted by molar-refractivity contribution is 6.32. The maximum Gasteiger partial charge on any atom is 0.332 e. The number of halogens is 2. The molecule has 0 saturated carbocycles. The van der Waals surface area contributed by atoms with Gasteiger partial charge in [0.2, 0.25) is 5.91 Å². The molecule has 208 valence electrons. The molecule has 0 spiro atoms. The summed E-state index contributed by atoms with van der Waals surface area (Å²) in [6.07, 6.45) is 0.620. The van der Waals surface area contributed by atoms with Crippen LogP contribution in [0.5, 0.6) is 0 Å². The molecule has 41 heavy (non-hydrogen) atoms.